The van der Waals surface area contributed by atoms with E-state index < -0.39 is 5.97 Å². The van der Waals surface area contributed by atoms with Crippen molar-refractivity contribution in [3.8, 4) is 0 Å². The number of carboxylic acid groups (broad SMARTS) is 1. The number of anilines is 1. The Bertz CT molecular complexity index is 862. The van der Waals surface area contributed by atoms with E-state index in [1.54, 1.807) is 6.07 Å². The number of halogens is 2. The SMILES string of the molecule is O=C(O)c1cc(Cl)c2c(c1)[C@@H]1C=CC[C@@H]1[C@@H](c1cccc(Cl)c1)N2. The minimum Gasteiger partial charge on any atom is -0.478 e. The Morgan fingerprint density at radius 2 is 2.04 bits per heavy atom. The van der Waals surface area contributed by atoms with E-state index in [9.17, 15) is 9.90 Å². The number of nitrogens with one attached hydrogen (secondary N) is 1. The highest BCUT2D eigenvalue weighted by Gasteiger charge is 2.39. The highest BCUT2D eigenvalue weighted by atomic mass is 35.5. The van der Waals surface area contributed by atoms with Crippen molar-refractivity contribution in [1.82, 2.24) is 0 Å². The minimum absolute atomic E-state index is 0.0874. The number of fused-ring (bicyclic) bond motifs is 3. The largest absolute Gasteiger partial charge is 0.478 e. The maximum absolute atomic E-state index is 11.3. The average Bonchev–Trinajstić information content (AvgIpc) is 3.04. The van der Waals surface area contributed by atoms with Crippen LogP contribution in [0.1, 0.15) is 39.9 Å². The summed E-state index contributed by atoms with van der Waals surface area (Å²) in [4.78, 5) is 11.3. The van der Waals surface area contributed by atoms with Crippen LogP contribution in [0.3, 0.4) is 0 Å². The molecule has 0 saturated heterocycles. The van der Waals surface area contributed by atoms with Crippen molar-refractivity contribution in [2.24, 2.45) is 5.92 Å². The molecule has 3 nitrogen and oxygen atoms in total. The molecule has 2 N–H and O–H groups in total. The molecule has 1 aliphatic carbocycles. The second kappa shape index (κ2) is 5.83. The van der Waals surface area contributed by atoms with Crippen LogP contribution in [0.2, 0.25) is 10.0 Å². The molecule has 0 fully saturated rings. The van der Waals surface area contributed by atoms with E-state index in [4.69, 9.17) is 23.2 Å². The number of carbonyl (C=O) groups is 1. The van der Waals surface area contributed by atoms with E-state index in [1.807, 2.05) is 18.2 Å². The predicted octanol–water partition coefficient (Wildman–Crippen LogP) is 5.52. The number of rotatable bonds is 2. The summed E-state index contributed by atoms with van der Waals surface area (Å²) in [6.45, 7) is 0. The first kappa shape index (κ1) is 15.6. The van der Waals surface area contributed by atoms with Gasteiger partial charge >= 0.3 is 5.97 Å². The molecular weight excluding hydrogens is 345 g/mol. The molecule has 0 spiro atoms. The van der Waals surface area contributed by atoms with Crippen LogP contribution in [0, 0.1) is 5.92 Å². The molecular formula is C19H15Cl2NO2. The fraction of sp³-hybridized carbons (Fsp3) is 0.211. The first-order chi connectivity index (χ1) is 11.5. The highest BCUT2D eigenvalue weighted by molar-refractivity contribution is 6.34. The van der Waals surface area contributed by atoms with Crippen molar-refractivity contribution in [1.29, 1.82) is 0 Å². The first-order valence-electron chi connectivity index (χ1n) is 7.80. The number of hydrogen-bond donors (Lipinski definition) is 2. The van der Waals surface area contributed by atoms with Crippen LogP contribution in [0.25, 0.3) is 0 Å². The summed E-state index contributed by atoms with van der Waals surface area (Å²) in [7, 11) is 0. The number of aromatic carboxylic acids is 1. The molecule has 2 aromatic carbocycles. The molecule has 3 atom stereocenters. The van der Waals surface area contributed by atoms with Gasteiger partial charge in [0.25, 0.3) is 0 Å². The maximum atomic E-state index is 11.3. The Labute approximate surface area is 149 Å². The summed E-state index contributed by atoms with van der Waals surface area (Å²) in [5, 5.41) is 14.0. The van der Waals surface area contributed by atoms with Gasteiger partial charge in [-0.1, -0.05) is 47.5 Å². The Balaban J connectivity index is 1.83. The van der Waals surface area contributed by atoms with Gasteiger partial charge in [-0.2, -0.15) is 0 Å². The fourth-order valence-corrected chi connectivity index (χ4v) is 4.29. The normalized spacial score (nSPS) is 24.2. The van der Waals surface area contributed by atoms with Crippen LogP contribution < -0.4 is 5.32 Å². The molecule has 0 unspecified atom stereocenters. The van der Waals surface area contributed by atoms with Crippen LogP contribution in [0.5, 0.6) is 0 Å². The maximum Gasteiger partial charge on any atom is 0.335 e. The van der Waals surface area contributed by atoms with Gasteiger partial charge in [-0.05, 0) is 47.7 Å². The van der Waals surface area contributed by atoms with Crippen molar-refractivity contribution in [2.45, 2.75) is 18.4 Å². The van der Waals surface area contributed by atoms with Gasteiger partial charge in [0.1, 0.15) is 0 Å². The summed E-state index contributed by atoms with van der Waals surface area (Å²) >= 11 is 12.5. The molecule has 4 rings (SSSR count). The van der Waals surface area contributed by atoms with Crippen molar-refractivity contribution < 1.29 is 9.90 Å². The van der Waals surface area contributed by atoms with Crippen LogP contribution in [0.4, 0.5) is 5.69 Å². The zero-order valence-electron chi connectivity index (χ0n) is 12.7. The van der Waals surface area contributed by atoms with Crippen molar-refractivity contribution in [2.75, 3.05) is 5.32 Å². The Hall–Kier alpha value is -1.97. The summed E-state index contributed by atoms with van der Waals surface area (Å²) < 4.78 is 0. The van der Waals surface area contributed by atoms with Gasteiger partial charge in [-0.3, -0.25) is 0 Å². The van der Waals surface area contributed by atoms with Gasteiger partial charge in [0.05, 0.1) is 22.3 Å². The molecule has 1 heterocycles. The predicted molar refractivity (Wildman–Crippen MR) is 96.2 cm³/mol. The second-order valence-electron chi connectivity index (χ2n) is 6.26. The molecule has 2 aromatic rings. The lowest BCUT2D eigenvalue weighted by Crippen LogP contribution is -2.29. The molecule has 122 valence electrons. The molecule has 24 heavy (non-hydrogen) atoms. The standard InChI is InChI=1S/C19H15Cl2NO2/c20-12-4-1-3-10(7-12)17-14-6-2-5-13(14)15-8-11(19(23)24)9-16(21)18(15)22-17/h1-5,7-9,13-14,17,22H,6H2,(H,23,24)/t13-,14+,17-/m1/s1. The third-order valence-corrected chi connectivity index (χ3v) is 5.41. The van der Waals surface area contributed by atoms with Crippen molar-refractivity contribution in [3.05, 3.63) is 75.3 Å². The van der Waals surface area contributed by atoms with Gasteiger partial charge in [0.15, 0.2) is 0 Å². The summed E-state index contributed by atoms with van der Waals surface area (Å²) in [5.74, 6) is -0.492. The number of benzene rings is 2. The smallest absolute Gasteiger partial charge is 0.335 e. The molecule has 1 aliphatic heterocycles. The van der Waals surface area contributed by atoms with Crippen LogP contribution in [0.15, 0.2) is 48.6 Å². The molecule has 0 saturated carbocycles. The average molecular weight is 360 g/mol. The van der Waals surface area contributed by atoms with E-state index >= 15 is 0 Å². The molecule has 0 bridgehead atoms. The monoisotopic (exact) mass is 359 g/mol. The van der Waals surface area contributed by atoms with Crippen molar-refractivity contribution in [3.63, 3.8) is 0 Å². The molecule has 2 aliphatic rings. The highest BCUT2D eigenvalue weighted by Crippen LogP contribution is 2.51. The lowest BCUT2D eigenvalue weighted by Gasteiger charge is -2.38. The number of hydrogen-bond acceptors (Lipinski definition) is 2. The summed E-state index contributed by atoms with van der Waals surface area (Å²) in [6, 6.07) is 11.2. The Morgan fingerprint density at radius 1 is 1.21 bits per heavy atom. The third-order valence-electron chi connectivity index (χ3n) is 4.88. The summed E-state index contributed by atoms with van der Waals surface area (Å²) in [6.07, 6.45) is 5.25. The van der Waals surface area contributed by atoms with Gasteiger partial charge in [0, 0.05) is 10.9 Å². The van der Waals surface area contributed by atoms with E-state index in [0.29, 0.717) is 16.0 Å². The zero-order chi connectivity index (χ0) is 16.8. The van der Waals surface area contributed by atoms with Crippen LogP contribution >= 0.6 is 23.2 Å². The Kier molecular flexibility index (Phi) is 3.78. The van der Waals surface area contributed by atoms with Crippen molar-refractivity contribution >= 4 is 34.9 Å². The summed E-state index contributed by atoms with van der Waals surface area (Å²) in [5.41, 5.74) is 3.11. The van der Waals surface area contributed by atoms with E-state index in [-0.39, 0.29) is 17.5 Å². The minimum atomic E-state index is -0.963. The molecule has 0 aromatic heterocycles. The lowest BCUT2D eigenvalue weighted by atomic mass is 9.76. The molecule has 5 heteroatoms. The van der Waals surface area contributed by atoms with Gasteiger partial charge in [0.2, 0.25) is 0 Å². The van der Waals surface area contributed by atoms with Crippen LogP contribution in [-0.2, 0) is 0 Å². The van der Waals surface area contributed by atoms with E-state index in [2.05, 4.69) is 23.5 Å². The molecule has 0 radical (unpaired) electrons. The number of allylic oxidation sites excluding steroid dienone is 2. The second-order valence-corrected chi connectivity index (χ2v) is 7.10. The van der Waals surface area contributed by atoms with Gasteiger partial charge in [-0.25, -0.2) is 4.79 Å². The lowest BCUT2D eigenvalue weighted by molar-refractivity contribution is 0.0696. The number of carboxylic acids is 1. The zero-order valence-corrected chi connectivity index (χ0v) is 14.2. The van der Waals surface area contributed by atoms with Gasteiger partial charge < -0.3 is 10.4 Å². The van der Waals surface area contributed by atoms with Gasteiger partial charge in [-0.15, -0.1) is 0 Å². The fourth-order valence-electron chi connectivity index (χ4n) is 3.81. The Morgan fingerprint density at radius 3 is 2.79 bits per heavy atom. The third kappa shape index (κ3) is 2.48. The van der Waals surface area contributed by atoms with E-state index in [1.165, 1.54) is 6.07 Å². The molecule has 0 amide bonds. The van der Waals surface area contributed by atoms with E-state index in [0.717, 1.165) is 23.2 Å². The van der Waals surface area contributed by atoms with Crippen LogP contribution in [-0.4, -0.2) is 11.1 Å². The first-order valence-corrected chi connectivity index (χ1v) is 8.55. The quantitative estimate of drug-likeness (QED) is 0.694. The topological polar surface area (TPSA) is 49.3 Å².